The second kappa shape index (κ2) is 8.32. The maximum Gasteiger partial charge on any atom is 0.204 e. The van der Waals surface area contributed by atoms with Crippen molar-refractivity contribution < 1.29 is 13.9 Å². The number of halogens is 1. The molecule has 2 aromatic carbocycles. The molecule has 0 saturated heterocycles. The summed E-state index contributed by atoms with van der Waals surface area (Å²) in [5.74, 6) is 1.35. The Morgan fingerprint density at radius 2 is 1.74 bits per heavy atom. The van der Waals surface area contributed by atoms with Crippen molar-refractivity contribution in [2.24, 2.45) is 5.73 Å². The highest BCUT2D eigenvalue weighted by molar-refractivity contribution is 5.42. The van der Waals surface area contributed by atoms with Crippen LogP contribution < -0.4 is 10.5 Å². The zero-order valence-electron chi connectivity index (χ0n) is 13.3. The molecule has 1 amide bonds. The van der Waals surface area contributed by atoms with E-state index in [1.165, 1.54) is 37.3 Å². The summed E-state index contributed by atoms with van der Waals surface area (Å²) in [6.45, 7) is 1.86. The molecule has 0 radical (unpaired) electrons. The molecule has 3 rings (SSSR count). The molecule has 0 aromatic heterocycles. The third kappa shape index (κ3) is 4.81. The highest BCUT2D eigenvalue weighted by Gasteiger charge is 2.16. The Bertz CT molecular complexity index is 634. The molecule has 0 aliphatic heterocycles. The number of hydrogen-bond donors (Lipinski definition) is 1. The zero-order chi connectivity index (χ0) is 16.7. The van der Waals surface area contributed by atoms with Crippen molar-refractivity contribution in [3.63, 3.8) is 0 Å². The van der Waals surface area contributed by atoms with Gasteiger partial charge < -0.3 is 10.5 Å². The molecule has 0 atom stereocenters. The van der Waals surface area contributed by atoms with Crippen molar-refractivity contribution in [1.82, 2.24) is 0 Å². The average molecular weight is 315 g/mol. The third-order valence-corrected chi connectivity index (χ3v) is 4.02. The van der Waals surface area contributed by atoms with E-state index in [-0.39, 0.29) is 18.0 Å². The molecular formula is C19H22FNO2. The van der Waals surface area contributed by atoms with Crippen LogP contribution in [0.1, 0.15) is 42.7 Å². The molecule has 3 nitrogen and oxygen atoms in total. The molecule has 0 spiro atoms. The summed E-state index contributed by atoms with van der Waals surface area (Å²) in [5.41, 5.74) is 6.44. The second-order valence-electron chi connectivity index (χ2n) is 5.72. The van der Waals surface area contributed by atoms with E-state index in [1.54, 1.807) is 6.07 Å². The molecule has 1 saturated carbocycles. The van der Waals surface area contributed by atoms with Crippen molar-refractivity contribution in [1.29, 1.82) is 0 Å². The Balaban J connectivity index is 0.000000595. The Morgan fingerprint density at radius 1 is 1.13 bits per heavy atom. The van der Waals surface area contributed by atoms with E-state index in [2.05, 4.69) is 17.9 Å². The second-order valence-corrected chi connectivity index (χ2v) is 5.72. The Hall–Kier alpha value is -2.36. The van der Waals surface area contributed by atoms with Crippen LogP contribution in [0.3, 0.4) is 0 Å². The van der Waals surface area contributed by atoms with E-state index in [9.17, 15) is 4.39 Å². The predicted octanol–water partition coefficient (Wildman–Crippen LogP) is 4.69. The van der Waals surface area contributed by atoms with E-state index < -0.39 is 0 Å². The number of primary amides is 1. The molecule has 122 valence electrons. The molecule has 1 aliphatic rings. The van der Waals surface area contributed by atoms with Crippen molar-refractivity contribution >= 4 is 6.41 Å². The van der Waals surface area contributed by atoms with E-state index in [1.807, 2.05) is 25.1 Å². The lowest BCUT2D eigenvalue weighted by atomic mass is 9.98. The fraction of sp³-hybridized carbons (Fsp3) is 0.316. The van der Waals surface area contributed by atoms with Gasteiger partial charge in [0.25, 0.3) is 0 Å². The lowest BCUT2D eigenvalue weighted by molar-refractivity contribution is -0.106. The first-order valence-corrected chi connectivity index (χ1v) is 7.83. The molecule has 0 unspecified atom stereocenters. The minimum atomic E-state index is -0.315. The summed E-state index contributed by atoms with van der Waals surface area (Å²) in [4.78, 5) is 8.58. The van der Waals surface area contributed by atoms with Gasteiger partial charge >= 0.3 is 0 Å². The summed E-state index contributed by atoms with van der Waals surface area (Å²) >= 11 is 0. The maximum absolute atomic E-state index is 13.7. The van der Waals surface area contributed by atoms with Gasteiger partial charge in [-0.15, -0.1) is 0 Å². The predicted molar refractivity (Wildman–Crippen MR) is 89.1 cm³/mol. The van der Waals surface area contributed by atoms with E-state index >= 15 is 0 Å². The van der Waals surface area contributed by atoms with Gasteiger partial charge in [-0.05, 0) is 61.1 Å². The monoisotopic (exact) mass is 315 g/mol. The van der Waals surface area contributed by atoms with E-state index in [0.29, 0.717) is 11.7 Å². The quantitative estimate of drug-likeness (QED) is 0.836. The van der Waals surface area contributed by atoms with Crippen LogP contribution in [0.25, 0.3) is 0 Å². The molecular weight excluding hydrogens is 293 g/mol. The standard InChI is InChI=1S/C18H19FO.CH3NO/c1-13-6-11-18(17(19)12-13)20-16-9-7-15(8-10-16)14-4-2-3-5-14;2-1-3/h6-12,14H,2-5H2,1H3;1H,(H2,2,3). The van der Waals surface area contributed by atoms with Gasteiger partial charge in [-0.3, -0.25) is 4.79 Å². The van der Waals surface area contributed by atoms with Crippen LogP contribution in [0.15, 0.2) is 42.5 Å². The number of benzene rings is 2. The number of hydrogen-bond acceptors (Lipinski definition) is 2. The highest BCUT2D eigenvalue weighted by atomic mass is 19.1. The van der Waals surface area contributed by atoms with Crippen molar-refractivity contribution in [3.05, 3.63) is 59.4 Å². The van der Waals surface area contributed by atoms with Gasteiger partial charge in [0.1, 0.15) is 5.75 Å². The summed E-state index contributed by atoms with van der Waals surface area (Å²) in [6.07, 6.45) is 5.48. The third-order valence-electron chi connectivity index (χ3n) is 4.02. The number of amides is 1. The first kappa shape index (κ1) is 17.0. The smallest absolute Gasteiger partial charge is 0.204 e. The van der Waals surface area contributed by atoms with Crippen LogP contribution in [0, 0.1) is 12.7 Å². The van der Waals surface area contributed by atoms with Crippen molar-refractivity contribution in [2.45, 2.75) is 38.5 Å². The van der Waals surface area contributed by atoms with Crippen molar-refractivity contribution in [2.75, 3.05) is 0 Å². The largest absolute Gasteiger partial charge is 0.454 e. The number of carbonyl (C=O) groups excluding carboxylic acids is 1. The van der Waals surface area contributed by atoms with Crippen LogP contribution >= 0.6 is 0 Å². The summed E-state index contributed by atoms with van der Waals surface area (Å²) in [7, 11) is 0. The van der Waals surface area contributed by atoms with Crippen molar-refractivity contribution in [3.8, 4) is 11.5 Å². The van der Waals surface area contributed by atoms with Crippen LogP contribution in [0.5, 0.6) is 11.5 Å². The minimum Gasteiger partial charge on any atom is -0.454 e. The SMILES string of the molecule is Cc1ccc(Oc2ccc(C3CCCC3)cc2)c(F)c1.NC=O. The minimum absolute atomic E-state index is 0.250. The first-order valence-electron chi connectivity index (χ1n) is 7.83. The van der Waals surface area contributed by atoms with Gasteiger partial charge in [0.05, 0.1) is 0 Å². The lowest BCUT2D eigenvalue weighted by Crippen LogP contribution is -1.93. The number of ether oxygens (including phenoxy) is 1. The van der Waals surface area contributed by atoms with Gasteiger partial charge in [0.2, 0.25) is 6.41 Å². The Kier molecular flexibility index (Phi) is 6.15. The summed E-state index contributed by atoms with van der Waals surface area (Å²) in [6, 6.07) is 13.1. The molecule has 23 heavy (non-hydrogen) atoms. The number of aryl methyl sites for hydroxylation is 1. The fourth-order valence-electron chi connectivity index (χ4n) is 2.88. The Labute approximate surface area is 136 Å². The molecule has 2 N–H and O–H groups in total. The molecule has 1 aliphatic carbocycles. The molecule has 2 aromatic rings. The van der Waals surface area contributed by atoms with Gasteiger partial charge in [-0.25, -0.2) is 4.39 Å². The molecule has 4 heteroatoms. The number of rotatable bonds is 3. The van der Waals surface area contributed by atoms with E-state index in [4.69, 9.17) is 9.53 Å². The summed E-state index contributed by atoms with van der Waals surface area (Å²) in [5, 5.41) is 0. The van der Waals surface area contributed by atoms with Crippen LogP contribution in [-0.4, -0.2) is 6.41 Å². The highest BCUT2D eigenvalue weighted by Crippen LogP contribution is 2.35. The van der Waals surface area contributed by atoms with Crippen LogP contribution in [-0.2, 0) is 4.79 Å². The molecule has 0 bridgehead atoms. The zero-order valence-corrected chi connectivity index (χ0v) is 13.3. The lowest BCUT2D eigenvalue weighted by Gasteiger charge is -2.11. The summed E-state index contributed by atoms with van der Waals surface area (Å²) < 4.78 is 19.3. The fourth-order valence-corrected chi connectivity index (χ4v) is 2.88. The van der Waals surface area contributed by atoms with Gasteiger partial charge in [-0.1, -0.05) is 31.0 Å². The van der Waals surface area contributed by atoms with Gasteiger partial charge in [0.15, 0.2) is 11.6 Å². The number of carbonyl (C=O) groups is 1. The first-order chi connectivity index (χ1) is 11.1. The Morgan fingerprint density at radius 3 is 2.30 bits per heavy atom. The average Bonchev–Trinajstić information content (AvgIpc) is 3.06. The molecule has 1 fully saturated rings. The molecule has 0 heterocycles. The van der Waals surface area contributed by atoms with Crippen LogP contribution in [0.2, 0.25) is 0 Å². The van der Waals surface area contributed by atoms with Crippen LogP contribution in [0.4, 0.5) is 4.39 Å². The van der Waals surface area contributed by atoms with E-state index in [0.717, 1.165) is 5.56 Å². The normalized spacial score (nSPS) is 14.0. The van der Waals surface area contributed by atoms with Gasteiger partial charge in [0, 0.05) is 0 Å². The topological polar surface area (TPSA) is 52.3 Å². The number of nitrogens with two attached hydrogens (primary N) is 1. The van der Waals surface area contributed by atoms with Gasteiger partial charge in [-0.2, -0.15) is 0 Å². The maximum atomic E-state index is 13.7.